The van der Waals surface area contributed by atoms with Gasteiger partial charge in [0.25, 0.3) is 11.8 Å². The lowest BCUT2D eigenvalue weighted by Gasteiger charge is -2.12. The Labute approximate surface area is 169 Å². The first-order valence-corrected chi connectivity index (χ1v) is 9.69. The summed E-state index contributed by atoms with van der Waals surface area (Å²) in [5.74, 6) is -1.45. The van der Waals surface area contributed by atoms with Crippen LogP contribution in [0, 0.1) is 12.7 Å². The number of nitrogens with two attached hydrogens (primary N) is 1. The molecule has 0 aliphatic rings. The Kier molecular flexibility index (Phi) is 4.67. The number of anilines is 1. The molecule has 1 aromatic carbocycles. The minimum absolute atomic E-state index is 0.116. The van der Waals surface area contributed by atoms with Gasteiger partial charge in [-0.2, -0.15) is 5.10 Å². The van der Waals surface area contributed by atoms with Crippen molar-refractivity contribution >= 4 is 39.1 Å². The number of benzene rings is 1. The van der Waals surface area contributed by atoms with Crippen LogP contribution < -0.4 is 11.1 Å². The van der Waals surface area contributed by atoms with Crippen LogP contribution in [0.15, 0.2) is 41.8 Å². The minimum Gasteiger partial charge on any atom is -0.364 e. The number of nitrogens with one attached hydrogen (secondary N) is 1. The number of aromatic nitrogens is 3. The SMILES string of the molecule is Cc1nn(C)c(C(N)=O)c1NC(=O)c1cc2sccc2n1Cc1ccccc1F. The van der Waals surface area contributed by atoms with E-state index >= 15 is 0 Å². The van der Waals surface area contributed by atoms with Crippen molar-refractivity contribution in [2.75, 3.05) is 5.32 Å². The zero-order valence-electron chi connectivity index (χ0n) is 15.8. The Morgan fingerprint density at radius 2 is 2.03 bits per heavy atom. The van der Waals surface area contributed by atoms with Crippen molar-refractivity contribution in [3.63, 3.8) is 0 Å². The van der Waals surface area contributed by atoms with Gasteiger partial charge in [0, 0.05) is 12.6 Å². The van der Waals surface area contributed by atoms with Crippen LogP contribution in [0.3, 0.4) is 0 Å². The van der Waals surface area contributed by atoms with Gasteiger partial charge >= 0.3 is 0 Å². The van der Waals surface area contributed by atoms with E-state index in [0.717, 1.165) is 10.2 Å². The van der Waals surface area contributed by atoms with Crippen molar-refractivity contribution in [3.8, 4) is 0 Å². The van der Waals surface area contributed by atoms with Crippen molar-refractivity contribution in [1.29, 1.82) is 0 Å². The van der Waals surface area contributed by atoms with E-state index in [9.17, 15) is 14.0 Å². The molecular weight excluding hydrogens is 393 g/mol. The van der Waals surface area contributed by atoms with Gasteiger partial charge in [-0.05, 0) is 30.5 Å². The summed E-state index contributed by atoms with van der Waals surface area (Å²) in [6, 6.07) is 10.1. The molecule has 4 rings (SSSR count). The van der Waals surface area contributed by atoms with E-state index in [1.54, 1.807) is 42.8 Å². The topological polar surface area (TPSA) is 94.9 Å². The number of hydrogen-bond donors (Lipinski definition) is 2. The van der Waals surface area contributed by atoms with Crippen LogP contribution in [-0.2, 0) is 13.6 Å². The Morgan fingerprint density at radius 3 is 2.76 bits per heavy atom. The minimum atomic E-state index is -0.689. The van der Waals surface area contributed by atoms with Gasteiger partial charge < -0.3 is 15.6 Å². The molecule has 0 saturated heterocycles. The first-order chi connectivity index (χ1) is 13.9. The zero-order valence-corrected chi connectivity index (χ0v) is 16.6. The lowest BCUT2D eigenvalue weighted by molar-refractivity contribution is 0.0992. The summed E-state index contributed by atoms with van der Waals surface area (Å²) in [6.45, 7) is 1.88. The second-order valence-electron chi connectivity index (χ2n) is 6.63. The standard InChI is InChI=1S/C20H18FN5O2S/c1-11-17(18(19(22)27)25(2)24-11)23-20(28)15-9-16-14(7-8-29-16)26(15)10-12-5-3-4-6-13(12)21/h3-9H,10H2,1-2H3,(H2,22,27)(H,23,28). The normalized spacial score (nSPS) is 11.1. The molecule has 4 aromatic rings. The lowest BCUT2D eigenvalue weighted by Crippen LogP contribution is -2.22. The summed E-state index contributed by atoms with van der Waals surface area (Å²) >= 11 is 1.49. The highest BCUT2D eigenvalue weighted by atomic mass is 32.1. The van der Waals surface area contributed by atoms with Gasteiger partial charge in [0.1, 0.15) is 17.2 Å². The summed E-state index contributed by atoms with van der Waals surface area (Å²) in [5.41, 5.74) is 7.96. The molecule has 0 atom stereocenters. The molecule has 0 unspecified atom stereocenters. The fraction of sp³-hybridized carbons (Fsp3) is 0.150. The number of primary amides is 1. The lowest BCUT2D eigenvalue weighted by atomic mass is 10.2. The molecule has 29 heavy (non-hydrogen) atoms. The number of rotatable bonds is 5. The maximum Gasteiger partial charge on any atom is 0.272 e. The quantitative estimate of drug-likeness (QED) is 0.528. The summed E-state index contributed by atoms with van der Waals surface area (Å²) in [6.07, 6.45) is 0. The van der Waals surface area contributed by atoms with Gasteiger partial charge in [-0.1, -0.05) is 18.2 Å². The molecule has 0 fully saturated rings. The van der Waals surface area contributed by atoms with Crippen LogP contribution in [0.25, 0.3) is 10.2 Å². The highest BCUT2D eigenvalue weighted by Gasteiger charge is 2.23. The molecule has 0 bridgehead atoms. The van der Waals surface area contributed by atoms with Gasteiger partial charge in [-0.3, -0.25) is 14.3 Å². The van der Waals surface area contributed by atoms with E-state index in [4.69, 9.17) is 5.73 Å². The van der Waals surface area contributed by atoms with Gasteiger partial charge in [-0.25, -0.2) is 4.39 Å². The maximum atomic E-state index is 14.2. The average Bonchev–Trinajstić information content (AvgIpc) is 3.32. The second-order valence-corrected chi connectivity index (χ2v) is 7.58. The van der Waals surface area contributed by atoms with Crippen molar-refractivity contribution in [3.05, 3.63) is 70.2 Å². The first-order valence-electron chi connectivity index (χ1n) is 8.81. The van der Waals surface area contributed by atoms with Gasteiger partial charge in [0.05, 0.1) is 28.1 Å². The van der Waals surface area contributed by atoms with Crippen LogP contribution in [0.2, 0.25) is 0 Å². The number of fused-ring (bicyclic) bond motifs is 1. The fourth-order valence-electron chi connectivity index (χ4n) is 3.40. The van der Waals surface area contributed by atoms with Crippen LogP contribution in [-0.4, -0.2) is 26.2 Å². The van der Waals surface area contributed by atoms with Crippen molar-refractivity contribution in [1.82, 2.24) is 14.3 Å². The number of thiophene rings is 1. The number of halogens is 1. The second kappa shape index (κ2) is 7.17. The summed E-state index contributed by atoms with van der Waals surface area (Å²) in [4.78, 5) is 24.9. The third-order valence-corrected chi connectivity index (χ3v) is 5.59. The molecule has 7 nitrogen and oxygen atoms in total. The third-order valence-electron chi connectivity index (χ3n) is 4.74. The fourth-order valence-corrected chi connectivity index (χ4v) is 4.22. The smallest absolute Gasteiger partial charge is 0.272 e. The molecule has 148 valence electrons. The predicted molar refractivity (Wildman–Crippen MR) is 110 cm³/mol. The van der Waals surface area contributed by atoms with Crippen molar-refractivity contribution < 1.29 is 14.0 Å². The molecule has 2 amide bonds. The Balaban J connectivity index is 1.75. The molecule has 0 radical (unpaired) electrons. The highest BCUT2D eigenvalue weighted by Crippen LogP contribution is 2.28. The number of amides is 2. The van der Waals surface area contributed by atoms with E-state index in [1.807, 2.05) is 11.4 Å². The molecular formula is C20H18FN5O2S. The zero-order chi connectivity index (χ0) is 20.7. The Bertz CT molecular complexity index is 1250. The molecule has 3 N–H and O–H groups in total. The van der Waals surface area contributed by atoms with Gasteiger partial charge in [0.15, 0.2) is 0 Å². The summed E-state index contributed by atoms with van der Waals surface area (Å²) in [7, 11) is 1.58. The van der Waals surface area contributed by atoms with Gasteiger partial charge in [-0.15, -0.1) is 11.3 Å². The molecule has 3 aromatic heterocycles. The van der Waals surface area contributed by atoms with Crippen LogP contribution in [0.5, 0.6) is 0 Å². The van der Waals surface area contributed by atoms with Crippen LogP contribution in [0.4, 0.5) is 10.1 Å². The van der Waals surface area contributed by atoms with E-state index in [2.05, 4.69) is 10.4 Å². The molecule has 0 aliphatic heterocycles. The summed E-state index contributed by atoms with van der Waals surface area (Å²) in [5, 5.41) is 8.83. The maximum absolute atomic E-state index is 14.2. The highest BCUT2D eigenvalue weighted by molar-refractivity contribution is 7.17. The van der Waals surface area contributed by atoms with Gasteiger partial charge in [0.2, 0.25) is 0 Å². The number of aryl methyl sites for hydroxylation is 2. The van der Waals surface area contributed by atoms with E-state index < -0.39 is 11.8 Å². The largest absolute Gasteiger partial charge is 0.364 e. The number of carbonyl (C=O) groups is 2. The van der Waals surface area contributed by atoms with E-state index in [-0.39, 0.29) is 23.7 Å². The molecule has 0 aliphatic carbocycles. The molecule has 0 spiro atoms. The van der Waals surface area contributed by atoms with Crippen LogP contribution >= 0.6 is 11.3 Å². The Morgan fingerprint density at radius 1 is 1.28 bits per heavy atom. The van der Waals surface area contributed by atoms with E-state index in [0.29, 0.717) is 17.0 Å². The molecule has 9 heteroatoms. The summed E-state index contributed by atoms with van der Waals surface area (Å²) < 4.78 is 18.2. The monoisotopic (exact) mass is 411 g/mol. The third kappa shape index (κ3) is 3.29. The molecule has 3 heterocycles. The number of carbonyl (C=O) groups excluding carboxylic acids is 2. The number of hydrogen-bond acceptors (Lipinski definition) is 4. The van der Waals surface area contributed by atoms with Crippen molar-refractivity contribution in [2.45, 2.75) is 13.5 Å². The van der Waals surface area contributed by atoms with Crippen LogP contribution in [0.1, 0.15) is 32.2 Å². The molecule has 0 saturated carbocycles. The van der Waals surface area contributed by atoms with Crippen molar-refractivity contribution in [2.24, 2.45) is 12.8 Å². The predicted octanol–water partition coefficient (Wildman–Crippen LogP) is 3.28. The average molecular weight is 411 g/mol. The number of nitrogens with zero attached hydrogens (tertiary/aromatic N) is 3. The first kappa shape index (κ1) is 18.9. The Hall–Kier alpha value is -3.46. The van der Waals surface area contributed by atoms with E-state index in [1.165, 1.54) is 22.1 Å².